The number of nitrogens with one attached hydrogen (secondary N) is 1. The average molecular weight is 447 g/mol. The Morgan fingerprint density at radius 2 is 2.05 bits per heavy atom. The lowest BCUT2D eigenvalue weighted by molar-refractivity contribution is 0.102. The summed E-state index contributed by atoms with van der Waals surface area (Å²) in [6.07, 6.45) is 0. The molecule has 0 saturated carbocycles. The maximum atomic E-state index is 12.5. The van der Waals surface area contributed by atoms with Crippen molar-refractivity contribution in [3.05, 3.63) is 55.4 Å². The molecule has 0 aliphatic carbocycles. The van der Waals surface area contributed by atoms with Crippen molar-refractivity contribution in [3.8, 4) is 0 Å². The van der Waals surface area contributed by atoms with E-state index in [0.717, 1.165) is 9.17 Å². The van der Waals surface area contributed by atoms with Crippen molar-refractivity contribution in [2.45, 2.75) is 0 Å². The summed E-state index contributed by atoms with van der Waals surface area (Å²) >= 11 is 14.4. The third-order valence-electron chi connectivity index (χ3n) is 2.86. The predicted molar refractivity (Wildman–Crippen MR) is 94.4 cm³/mol. The van der Waals surface area contributed by atoms with Gasteiger partial charge in [0.05, 0.1) is 26.5 Å². The monoisotopic (exact) mass is 444 g/mol. The lowest BCUT2D eigenvalue weighted by atomic mass is 10.2. The summed E-state index contributed by atoms with van der Waals surface area (Å²) in [6, 6.07) is 9.06. The zero-order valence-electron chi connectivity index (χ0n) is 10.4. The molecule has 21 heavy (non-hydrogen) atoms. The normalized spacial score (nSPS) is 10.8. The first-order valence-electron chi connectivity index (χ1n) is 5.84. The molecule has 3 aromatic rings. The van der Waals surface area contributed by atoms with Crippen molar-refractivity contribution in [1.82, 2.24) is 4.98 Å². The number of anilines is 1. The van der Waals surface area contributed by atoms with Crippen LogP contribution < -0.4 is 5.32 Å². The number of carbonyl (C=O) groups excluding carboxylic acids is 1. The SMILES string of the molecule is O=C(Nc1c(Cl)ccc2scnc12)c1cc(Br)ccc1Br. The summed E-state index contributed by atoms with van der Waals surface area (Å²) in [6.45, 7) is 0. The first-order chi connectivity index (χ1) is 10.1. The van der Waals surface area contributed by atoms with Crippen LogP contribution in [0.4, 0.5) is 5.69 Å². The van der Waals surface area contributed by atoms with Gasteiger partial charge in [0.25, 0.3) is 5.91 Å². The third-order valence-corrected chi connectivity index (χ3v) is 5.16. The van der Waals surface area contributed by atoms with Gasteiger partial charge in [0.2, 0.25) is 0 Å². The van der Waals surface area contributed by atoms with Gasteiger partial charge in [-0.05, 0) is 46.3 Å². The Kier molecular flexibility index (Phi) is 4.31. The van der Waals surface area contributed by atoms with Crippen LogP contribution >= 0.6 is 54.8 Å². The van der Waals surface area contributed by atoms with Gasteiger partial charge in [0.15, 0.2) is 0 Å². The van der Waals surface area contributed by atoms with Gasteiger partial charge in [-0.2, -0.15) is 0 Å². The van der Waals surface area contributed by atoms with Crippen LogP contribution in [0.15, 0.2) is 44.8 Å². The number of carbonyl (C=O) groups is 1. The Morgan fingerprint density at radius 1 is 1.24 bits per heavy atom. The van der Waals surface area contributed by atoms with E-state index in [1.165, 1.54) is 11.3 Å². The van der Waals surface area contributed by atoms with Gasteiger partial charge >= 0.3 is 0 Å². The minimum absolute atomic E-state index is 0.245. The minimum Gasteiger partial charge on any atom is -0.319 e. The molecule has 1 N–H and O–H groups in total. The molecular weight excluding hydrogens is 439 g/mol. The van der Waals surface area contributed by atoms with Crippen LogP contribution in [0.25, 0.3) is 10.2 Å². The number of amides is 1. The Balaban J connectivity index is 2.02. The highest BCUT2D eigenvalue weighted by molar-refractivity contribution is 9.11. The van der Waals surface area contributed by atoms with Crippen LogP contribution in [0.2, 0.25) is 5.02 Å². The smallest absolute Gasteiger partial charge is 0.256 e. The van der Waals surface area contributed by atoms with Gasteiger partial charge in [-0.15, -0.1) is 11.3 Å². The van der Waals surface area contributed by atoms with E-state index in [1.54, 1.807) is 17.6 Å². The Bertz CT molecular complexity index is 850. The lowest BCUT2D eigenvalue weighted by Gasteiger charge is -2.09. The fourth-order valence-electron chi connectivity index (χ4n) is 1.88. The van der Waals surface area contributed by atoms with Gasteiger partial charge < -0.3 is 5.32 Å². The maximum Gasteiger partial charge on any atom is 0.256 e. The van der Waals surface area contributed by atoms with Crippen molar-refractivity contribution in [1.29, 1.82) is 0 Å². The highest BCUT2D eigenvalue weighted by atomic mass is 79.9. The van der Waals surface area contributed by atoms with Crippen LogP contribution in [0, 0.1) is 0 Å². The molecule has 0 saturated heterocycles. The van der Waals surface area contributed by atoms with Crippen LogP contribution in [-0.2, 0) is 0 Å². The van der Waals surface area contributed by atoms with Crippen molar-refractivity contribution >= 4 is 76.6 Å². The van der Waals surface area contributed by atoms with Crippen molar-refractivity contribution in [2.24, 2.45) is 0 Å². The molecule has 0 spiro atoms. The molecule has 0 aliphatic rings. The number of fused-ring (bicyclic) bond motifs is 1. The number of aromatic nitrogens is 1. The number of hydrogen-bond acceptors (Lipinski definition) is 3. The predicted octanol–water partition coefficient (Wildman–Crippen LogP) is 5.73. The van der Waals surface area contributed by atoms with Crippen LogP contribution in [0.3, 0.4) is 0 Å². The van der Waals surface area contributed by atoms with Gasteiger partial charge in [0, 0.05) is 8.95 Å². The van der Waals surface area contributed by atoms with E-state index in [0.29, 0.717) is 26.3 Å². The summed E-state index contributed by atoms with van der Waals surface area (Å²) in [5.41, 5.74) is 3.48. The molecule has 3 nitrogen and oxygen atoms in total. The van der Waals surface area contributed by atoms with Gasteiger partial charge in [-0.1, -0.05) is 27.5 Å². The van der Waals surface area contributed by atoms with Crippen LogP contribution in [-0.4, -0.2) is 10.9 Å². The second-order valence-corrected chi connectivity index (χ2v) is 7.26. The van der Waals surface area contributed by atoms with Crippen LogP contribution in [0.1, 0.15) is 10.4 Å². The Labute approximate surface area is 146 Å². The molecule has 1 heterocycles. The maximum absolute atomic E-state index is 12.5. The van der Waals surface area contributed by atoms with Crippen molar-refractivity contribution in [3.63, 3.8) is 0 Å². The topological polar surface area (TPSA) is 42.0 Å². The molecule has 0 aliphatic heterocycles. The molecule has 3 rings (SSSR count). The van der Waals surface area contributed by atoms with E-state index in [2.05, 4.69) is 42.2 Å². The molecule has 0 atom stereocenters. The molecular formula is C14H7Br2ClN2OS. The number of rotatable bonds is 2. The van der Waals surface area contributed by atoms with E-state index in [1.807, 2.05) is 18.2 Å². The largest absolute Gasteiger partial charge is 0.319 e. The van der Waals surface area contributed by atoms with E-state index in [-0.39, 0.29) is 5.91 Å². The Hall–Kier alpha value is -0.950. The van der Waals surface area contributed by atoms with Gasteiger partial charge in [-0.25, -0.2) is 4.98 Å². The number of halogens is 3. The average Bonchev–Trinajstić information content (AvgIpc) is 2.93. The zero-order valence-corrected chi connectivity index (χ0v) is 15.1. The fourth-order valence-corrected chi connectivity index (χ4v) is 3.55. The summed E-state index contributed by atoms with van der Waals surface area (Å²) in [4.78, 5) is 16.7. The highest BCUT2D eigenvalue weighted by Crippen LogP contribution is 2.33. The number of thiazole rings is 1. The lowest BCUT2D eigenvalue weighted by Crippen LogP contribution is -2.13. The summed E-state index contributed by atoms with van der Waals surface area (Å²) in [7, 11) is 0. The molecule has 0 bridgehead atoms. The summed E-state index contributed by atoms with van der Waals surface area (Å²) in [5, 5.41) is 3.31. The van der Waals surface area contributed by atoms with Crippen molar-refractivity contribution in [2.75, 3.05) is 5.32 Å². The Morgan fingerprint density at radius 3 is 2.86 bits per heavy atom. The highest BCUT2D eigenvalue weighted by Gasteiger charge is 2.15. The molecule has 106 valence electrons. The molecule has 1 amide bonds. The number of hydrogen-bond donors (Lipinski definition) is 1. The summed E-state index contributed by atoms with van der Waals surface area (Å²) < 4.78 is 2.52. The zero-order chi connectivity index (χ0) is 15.0. The molecule has 0 unspecified atom stereocenters. The summed E-state index contributed by atoms with van der Waals surface area (Å²) in [5.74, 6) is -0.245. The van der Waals surface area contributed by atoms with E-state index >= 15 is 0 Å². The first kappa shape index (κ1) is 15.0. The molecule has 7 heteroatoms. The second-order valence-electron chi connectivity index (χ2n) is 4.20. The molecule has 0 fully saturated rings. The minimum atomic E-state index is -0.245. The van der Waals surface area contributed by atoms with Crippen molar-refractivity contribution < 1.29 is 4.79 Å². The number of nitrogens with zero attached hydrogens (tertiary/aromatic N) is 1. The van der Waals surface area contributed by atoms with Gasteiger partial charge in [0.1, 0.15) is 5.52 Å². The van der Waals surface area contributed by atoms with E-state index < -0.39 is 0 Å². The van der Waals surface area contributed by atoms with E-state index in [4.69, 9.17) is 11.6 Å². The molecule has 0 radical (unpaired) electrons. The quantitative estimate of drug-likeness (QED) is 0.547. The standard InChI is InChI=1S/C14H7Br2ClN2OS/c15-7-1-2-9(16)8(5-7)14(20)19-12-10(17)3-4-11-13(12)18-6-21-11/h1-6H,(H,19,20). The molecule has 1 aromatic heterocycles. The molecule has 2 aromatic carbocycles. The van der Waals surface area contributed by atoms with E-state index in [9.17, 15) is 4.79 Å². The number of benzene rings is 2. The third kappa shape index (κ3) is 2.99. The van der Waals surface area contributed by atoms with Crippen LogP contribution in [0.5, 0.6) is 0 Å². The second kappa shape index (κ2) is 6.04. The fraction of sp³-hybridized carbons (Fsp3) is 0. The first-order valence-corrected chi connectivity index (χ1v) is 8.69. The van der Waals surface area contributed by atoms with Gasteiger partial charge in [-0.3, -0.25) is 4.79 Å².